The zero-order valence-corrected chi connectivity index (χ0v) is 13.8. The number of halogens is 3. The molecule has 2 rings (SSSR count). The van der Waals surface area contributed by atoms with Gasteiger partial charge in [-0.3, -0.25) is 0 Å². The Hall–Kier alpha value is -0.700. The van der Waals surface area contributed by atoms with E-state index >= 15 is 0 Å². The molecule has 19 heavy (non-hydrogen) atoms. The standard InChI is InChI=1S/C15H14BrCl2N/c1-9-12(16)6-4-8-14(9)19-10(2)11-5-3-7-13(17)15(11)18/h3-8,10,19H,1-2H3. The molecule has 0 heterocycles. The third-order valence-electron chi connectivity index (χ3n) is 3.09. The van der Waals surface area contributed by atoms with Gasteiger partial charge >= 0.3 is 0 Å². The smallest absolute Gasteiger partial charge is 0.0644 e. The van der Waals surface area contributed by atoms with Gasteiger partial charge < -0.3 is 5.32 Å². The van der Waals surface area contributed by atoms with Gasteiger partial charge in [0.1, 0.15) is 0 Å². The maximum Gasteiger partial charge on any atom is 0.0644 e. The second-order valence-electron chi connectivity index (χ2n) is 4.42. The van der Waals surface area contributed by atoms with Crippen molar-refractivity contribution in [3.05, 3.63) is 62.0 Å². The molecule has 0 aromatic heterocycles. The fraction of sp³-hybridized carbons (Fsp3) is 0.200. The van der Waals surface area contributed by atoms with Crippen LogP contribution in [0.5, 0.6) is 0 Å². The lowest BCUT2D eigenvalue weighted by molar-refractivity contribution is 0.882. The highest BCUT2D eigenvalue weighted by molar-refractivity contribution is 9.10. The summed E-state index contributed by atoms with van der Waals surface area (Å²) in [4.78, 5) is 0. The summed E-state index contributed by atoms with van der Waals surface area (Å²) < 4.78 is 1.09. The summed E-state index contributed by atoms with van der Waals surface area (Å²) in [5.41, 5.74) is 3.25. The predicted octanol–water partition coefficient (Wildman–Crippen LogP) is 6.24. The summed E-state index contributed by atoms with van der Waals surface area (Å²) in [6, 6.07) is 11.9. The molecule has 0 saturated carbocycles. The first-order valence-corrected chi connectivity index (χ1v) is 7.51. The second kappa shape index (κ2) is 6.17. The molecule has 4 heteroatoms. The van der Waals surface area contributed by atoms with Gasteiger partial charge in [0, 0.05) is 10.2 Å². The molecule has 0 bridgehead atoms. The van der Waals surface area contributed by atoms with Gasteiger partial charge in [-0.05, 0) is 43.2 Å². The number of benzene rings is 2. The van der Waals surface area contributed by atoms with Crippen molar-refractivity contribution in [3.63, 3.8) is 0 Å². The summed E-state index contributed by atoms with van der Waals surface area (Å²) >= 11 is 15.8. The summed E-state index contributed by atoms with van der Waals surface area (Å²) in [5, 5.41) is 4.65. The van der Waals surface area contributed by atoms with E-state index in [1.807, 2.05) is 24.3 Å². The lowest BCUT2D eigenvalue weighted by atomic mass is 10.1. The third-order valence-corrected chi connectivity index (χ3v) is 4.78. The highest BCUT2D eigenvalue weighted by Crippen LogP contribution is 2.33. The molecule has 1 nitrogen and oxygen atoms in total. The molecule has 0 spiro atoms. The molecule has 0 aliphatic rings. The number of rotatable bonds is 3. The molecule has 1 unspecified atom stereocenters. The maximum atomic E-state index is 6.24. The Balaban J connectivity index is 2.28. The molecule has 0 fully saturated rings. The quantitative estimate of drug-likeness (QED) is 0.684. The Labute approximate surface area is 132 Å². The fourth-order valence-electron chi connectivity index (χ4n) is 1.93. The summed E-state index contributed by atoms with van der Waals surface area (Å²) in [7, 11) is 0. The largest absolute Gasteiger partial charge is 0.378 e. The molecule has 2 aromatic carbocycles. The fourth-order valence-corrected chi connectivity index (χ4v) is 2.77. The highest BCUT2D eigenvalue weighted by Gasteiger charge is 2.13. The van der Waals surface area contributed by atoms with Crippen LogP contribution in [0.4, 0.5) is 5.69 Å². The first-order valence-electron chi connectivity index (χ1n) is 5.96. The van der Waals surface area contributed by atoms with Gasteiger partial charge in [-0.25, -0.2) is 0 Å². The van der Waals surface area contributed by atoms with Gasteiger partial charge in [-0.1, -0.05) is 57.3 Å². The van der Waals surface area contributed by atoms with E-state index in [0.717, 1.165) is 15.7 Å². The van der Waals surface area contributed by atoms with Crippen LogP contribution in [0.1, 0.15) is 24.1 Å². The van der Waals surface area contributed by atoms with Gasteiger partial charge in [0.2, 0.25) is 0 Å². The normalized spacial score (nSPS) is 12.3. The Morgan fingerprint density at radius 2 is 1.79 bits per heavy atom. The zero-order valence-electron chi connectivity index (χ0n) is 10.7. The number of hydrogen-bond acceptors (Lipinski definition) is 1. The molecule has 0 saturated heterocycles. The van der Waals surface area contributed by atoms with Crippen molar-refractivity contribution in [2.24, 2.45) is 0 Å². The molecule has 0 aliphatic heterocycles. The van der Waals surface area contributed by atoms with Crippen LogP contribution in [-0.2, 0) is 0 Å². The van der Waals surface area contributed by atoms with Gasteiger partial charge in [0.05, 0.1) is 16.1 Å². The number of anilines is 1. The molecule has 0 radical (unpaired) electrons. The van der Waals surface area contributed by atoms with Crippen molar-refractivity contribution in [1.29, 1.82) is 0 Å². The molecule has 1 N–H and O–H groups in total. The van der Waals surface area contributed by atoms with Crippen LogP contribution in [0.2, 0.25) is 10.0 Å². The SMILES string of the molecule is Cc1c(Br)cccc1NC(C)c1cccc(Cl)c1Cl. The molecular weight excluding hydrogens is 345 g/mol. The van der Waals surface area contributed by atoms with Crippen molar-refractivity contribution in [2.75, 3.05) is 5.32 Å². The van der Waals surface area contributed by atoms with Crippen LogP contribution in [0.3, 0.4) is 0 Å². The van der Waals surface area contributed by atoms with E-state index in [1.54, 1.807) is 6.07 Å². The molecule has 0 aliphatic carbocycles. The molecule has 100 valence electrons. The number of hydrogen-bond donors (Lipinski definition) is 1. The Morgan fingerprint density at radius 1 is 1.11 bits per heavy atom. The zero-order chi connectivity index (χ0) is 14.0. The number of nitrogens with one attached hydrogen (secondary N) is 1. The second-order valence-corrected chi connectivity index (χ2v) is 6.06. The van der Waals surface area contributed by atoms with E-state index in [4.69, 9.17) is 23.2 Å². The van der Waals surface area contributed by atoms with Gasteiger partial charge in [-0.2, -0.15) is 0 Å². The van der Waals surface area contributed by atoms with Crippen LogP contribution in [0.25, 0.3) is 0 Å². The average molecular weight is 359 g/mol. The van der Waals surface area contributed by atoms with Gasteiger partial charge in [0.25, 0.3) is 0 Å². The Kier molecular flexibility index (Phi) is 4.77. The third kappa shape index (κ3) is 3.25. The predicted molar refractivity (Wildman–Crippen MR) is 87.4 cm³/mol. The van der Waals surface area contributed by atoms with Gasteiger partial charge in [0.15, 0.2) is 0 Å². The maximum absolute atomic E-state index is 6.24. The summed E-state index contributed by atoms with van der Waals surface area (Å²) in [6.07, 6.45) is 0. The van der Waals surface area contributed by atoms with Crippen molar-refractivity contribution in [2.45, 2.75) is 19.9 Å². The van der Waals surface area contributed by atoms with Crippen LogP contribution in [-0.4, -0.2) is 0 Å². The first-order chi connectivity index (χ1) is 9.00. The van der Waals surface area contributed by atoms with E-state index < -0.39 is 0 Å². The van der Waals surface area contributed by atoms with E-state index in [1.165, 1.54) is 5.56 Å². The minimum absolute atomic E-state index is 0.0826. The minimum atomic E-state index is 0.0826. The van der Waals surface area contributed by atoms with Crippen LogP contribution in [0, 0.1) is 6.92 Å². The van der Waals surface area contributed by atoms with Crippen molar-refractivity contribution in [1.82, 2.24) is 0 Å². The molecular formula is C15H14BrCl2N. The van der Waals surface area contributed by atoms with E-state index in [2.05, 4.69) is 41.2 Å². The van der Waals surface area contributed by atoms with E-state index in [-0.39, 0.29) is 6.04 Å². The summed E-state index contributed by atoms with van der Waals surface area (Å²) in [6.45, 7) is 4.14. The first kappa shape index (κ1) is 14.7. The van der Waals surface area contributed by atoms with Gasteiger partial charge in [-0.15, -0.1) is 0 Å². The Morgan fingerprint density at radius 3 is 2.53 bits per heavy atom. The molecule has 2 aromatic rings. The lowest BCUT2D eigenvalue weighted by Crippen LogP contribution is -2.08. The van der Waals surface area contributed by atoms with Crippen LogP contribution >= 0.6 is 39.1 Å². The highest BCUT2D eigenvalue weighted by atomic mass is 79.9. The molecule has 0 amide bonds. The van der Waals surface area contributed by atoms with Crippen molar-refractivity contribution in [3.8, 4) is 0 Å². The van der Waals surface area contributed by atoms with E-state index in [0.29, 0.717) is 10.0 Å². The Bertz CT molecular complexity index is 599. The lowest BCUT2D eigenvalue weighted by Gasteiger charge is -2.19. The monoisotopic (exact) mass is 357 g/mol. The molecule has 1 atom stereocenters. The van der Waals surface area contributed by atoms with Crippen molar-refractivity contribution < 1.29 is 0 Å². The topological polar surface area (TPSA) is 12.0 Å². The van der Waals surface area contributed by atoms with Crippen LogP contribution < -0.4 is 5.32 Å². The summed E-state index contributed by atoms with van der Waals surface area (Å²) in [5.74, 6) is 0. The van der Waals surface area contributed by atoms with E-state index in [9.17, 15) is 0 Å². The average Bonchev–Trinajstić information content (AvgIpc) is 2.38. The van der Waals surface area contributed by atoms with Crippen LogP contribution in [0.15, 0.2) is 40.9 Å². The minimum Gasteiger partial charge on any atom is -0.378 e. The van der Waals surface area contributed by atoms with Crippen molar-refractivity contribution >= 4 is 44.8 Å².